The largest absolute Gasteiger partial charge is 0.493 e. The van der Waals surface area contributed by atoms with Crippen LogP contribution in [0, 0.1) is 0 Å². The van der Waals surface area contributed by atoms with Gasteiger partial charge in [0.2, 0.25) is 0 Å². The molecule has 0 N–H and O–H groups in total. The Morgan fingerprint density at radius 1 is 0.553 bits per heavy atom. The lowest BCUT2D eigenvalue weighted by Gasteiger charge is -2.12. The molecule has 192 valence electrons. The second-order valence-electron chi connectivity index (χ2n) is 8.40. The Labute approximate surface area is 223 Å². The molecule has 0 bridgehead atoms. The topological polar surface area (TPSA) is 54.0 Å². The number of ether oxygens (including phenoxy) is 4. The Morgan fingerprint density at radius 3 is 1.29 bits per heavy atom. The number of hydrogen-bond donors (Lipinski definition) is 0. The highest BCUT2D eigenvalue weighted by atomic mass is 16.5. The average molecular weight is 507 g/mol. The third-order valence-electron chi connectivity index (χ3n) is 5.78. The zero-order valence-electron chi connectivity index (χ0n) is 21.9. The van der Waals surface area contributed by atoms with Gasteiger partial charge in [-0.1, -0.05) is 36.4 Å². The van der Waals surface area contributed by atoms with Gasteiger partial charge in [-0.15, -0.1) is 0 Å². The first-order valence-electron chi connectivity index (χ1n) is 12.3. The van der Waals surface area contributed by atoms with Crippen molar-refractivity contribution < 1.29 is 23.7 Å². The molecule has 0 aromatic heterocycles. The van der Waals surface area contributed by atoms with Gasteiger partial charge in [0.1, 0.15) is 11.5 Å². The highest BCUT2D eigenvalue weighted by molar-refractivity contribution is 6.09. The highest BCUT2D eigenvalue weighted by Gasteiger charge is 2.12. The maximum absolute atomic E-state index is 13.0. The molecular formula is C33H30O5. The van der Waals surface area contributed by atoms with Crippen molar-refractivity contribution in [1.82, 2.24) is 0 Å². The Morgan fingerprint density at radius 2 is 0.947 bits per heavy atom. The Bertz CT molecular complexity index is 1340. The molecule has 0 amide bonds. The van der Waals surface area contributed by atoms with E-state index in [1.807, 2.05) is 74.5 Å². The lowest BCUT2D eigenvalue weighted by molar-refractivity contribution is 0.103. The van der Waals surface area contributed by atoms with Crippen LogP contribution in [0.15, 0.2) is 97.1 Å². The van der Waals surface area contributed by atoms with E-state index >= 15 is 0 Å². The van der Waals surface area contributed by atoms with Gasteiger partial charge in [-0.2, -0.15) is 0 Å². The summed E-state index contributed by atoms with van der Waals surface area (Å²) in [4.78, 5) is 13.0. The third-order valence-corrected chi connectivity index (χ3v) is 5.78. The molecule has 0 spiro atoms. The van der Waals surface area contributed by atoms with E-state index in [-0.39, 0.29) is 5.78 Å². The zero-order chi connectivity index (χ0) is 26.9. The lowest BCUT2D eigenvalue weighted by Crippen LogP contribution is -2.01. The summed E-state index contributed by atoms with van der Waals surface area (Å²) in [6.45, 7) is 3.93. The van der Waals surface area contributed by atoms with Crippen molar-refractivity contribution in [2.24, 2.45) is 0 Å². The number of allylic oxidation sites excluding steroid dienone is 2. The summed E-state index contributed by atoms with van der Waals surface area (Å²) < 4.78 is 22.9. The van der Waals surface area contributed by atoms with E-state index in [9.17, 15) is 4.79 Å². The van der Waals surface area contributed by atoms with E-state index in [1.54, 1.807) is 62.8 Å². The van der Waals surface area contributed by atoms with Crippen LogP contribution >= 0.6 is 0 Å². The molecule has 0 fully saturated rings. The number of carbonyl (C=O) groups excluding carboxylic acids is 1. The van der Waals surface area contributed by atoms with Crippen molar-refractivity contribution in [2.75, 3.05) is 14.2 Å². The fourth-order valence-electron chi connectivity index (χ4n) is 3.90. The second kappa shape index (κ2) is 12.5. The predicted molar refractivity (Wildman–Crippen MR) is 152 cm³/mol. The van der Waals surface area contributed by atoms with Crippen LogP contribution in [0.25, 0.3) is 12.2 Å². The highest BCUT2D eigenvalue weighted by Crippen LogP contribution is 2.34. The van der Waals surface area contributed by atoms with Gasteiger partial charge in [-0.3, -0.25) is 4.79 Å². The number of methoxy groups -OCH3 is 2. The quantitative estimate of drug-likeness (QED) is 0.202. The molecule has 0 radical (unpaired) electrons. The van der Waals surface area contributed by atoms with Crippen molar-refractivity contribution in [3.63, 3.8) is 0 Å². The molecule has 4 rings (SSSR count). The summed E-state index contributed by atoms with van der Waals surface area (Å²) in [6, 6.07) is 25.6. The van der Waals surface area contributed by atoms with Gasteiger partial charge in [0.05, 0.1) is 14.2 Å². The van der Waals surface area contributed by atoms with E-state index in [0.717, 1.165) is 11.1 Å². The van der Waals surface area contributed by atoms with E-state index in [4.69, 9.17) is 18.9 Å². The molecule has 0 aliphatic rings. The van der Waals surface area contributed by atoms with E-state index in [0.29, 0.717) is 45.6 Å². The molecule has 0 atom stereocenters. The van der Waals surface area contributed by atoms with Crippen LogP contribution in [0.1, 0.15) is 40.9 Å². The van der Waals surface area contributed by atoms with Crippen molar-refractivity contribution in [2.45, 2.75) is 13.8 Å². The average Bonchev–Trinajstić information content (AvgIpc) is 2.95. The fraction of sp³-hybridized carbons (Fsp3) is 0.121. The predicted octanol–water partition coefficient (Wildman–Crippen LogP) is 8.59. The van der Waals surface area contributed by atoms with Gasteiger partial charge < -0.3 is 18.9 Å². The second-order valence-corrected chi connectivity index (χ2v) is 8.40. The van der Waals surface area contributed by atoms with Crippen molar-refractivity contribution in [3.8, 4) is 34.5 Å². The van der Waals surface area contributed by atoms with Gasteiger partial charge in [0, 0.05) is 11.1 Å². The zero-order valence-corrected chi connectivity index (χ0v) is 21.9. The summed E-state index contributed by atoms with van der Waals surface area (Å²) in [5.74, 6) is 3.59. The lowest BCUT2D eigenvalue weighted by atomic mass is 10.0. The van der Waals surface area contributed by atoms with Gasteiger partial charge in [-0.25, -0.2) is 0 Å². The SMILES string of the molecule is C/C=C\c1ccc(Oc2ccc(C(=O)c3ccc(Oc4ccc(/C=C\C)cc4OC)cc3)cc2)c(OC)c1. The Kier molecular flexibility index (Phi) is 8.62. The van der Waals surface area contributed by atoms with Gasteiger partial charge in [0.15, 0.2) is 28.8 Å². The minimum absolute atomic E-state index is 0.0929. The minimum Gasteiger partial charge on any atom is -0.493 e. The summed E-state index contributed by atoms with van der Waals surface area (Å²) in [6.07, 6.45) is 7.91. The summed E-state index contributed by atoms with van der Waals surface area (Å²) in [5.41, 5.74) is 3.16. The minimum atomic E-state index is -0.0929. The number of ketones is 1. The maximum Gasteiger partial charge on any atom is 0.193 e. The first kappa shape index (κ1) is 26.3. The van der Waals surface area contributed by atoms with Crippen LogP contribution in [-0.4, -0.2) is 20.0 Å². The molecule has 0 aliphatic heterocycles. The van der Waals surface area contributed by atoms with Crippen LogP contribution in [0.4, 0.5) is 0 Å². The van der Waals surface area contributed by atoms with Crippen molar-refractivity contribution >= 4 is 17.9 Å². The molecule has 0 saturated heterocycles. The molecule has 5 nitrogen and oxygen atoms in total. The molecule has 0 saturated carbocycles. The van der Waals surface area contributed by atoms with Crippen molar-refractivity contribution in [3.05, 3.63) is 119 Å². The molecule has 0 unspecified atom stereocenters. The summed E-state index contributed by atoms with van der Waals surface area (Å²) in [5, 5.41) is 0. The Balaban J connectivity index is 1.44. The molecule has 0 heterocycles. The fourth-order valence-corrected chi connectivity index (χ4v) is 3.90. The van der Waals surface area contributed by atoms with Crippen LogP contribution in [0.5, 0.6) is 34.5 Å². The van der Waals surface area contributed by atoms with Crippen LogP contribution in [0.2, 0.25) is 0 Å². The summed E-state index contributed by atoms with van der Waals surface area (Å²) >= 11 is 0. The van der Waals surface area contributed by atoms with E-state index < -0.39 is 0 Å². The standard InChI is InChI=1S/C33H30O5/c1-5-7-23-9-19-29(31(21-23)35-3)37-27-15-11-25(12-16-27)33(34)26-13-17-28(18-14-26)38-30-20-10-24(8-6-2)22-32(30)36-4/h5-22H,1-4H3/b7-5-,8-6-. The number of benzene rings is 4. The van der Waals surface area contributed by atoms with Gasteiger partial charge >= 0.3 is 0 Å². The molecule has 4 aromatic carbocycles. The molecule has 0 aliphatic carbocycles. The van der Waals surface area contributed by atoms with E-state index in [2.05, 4.69) is 0 Å². The van der Waals surface area contributed by atoms with Crippen LogP contribution < -0.4 is 18.9 Å². The first-order valence-corrected chi connectivity index (χ1v) is 12.3. The molecular weight excluding hydrogens is 476 g/mol. The van der Waals surface area contributed by atoms with E-state index in [1.165, 1.54) is 0 Å². The smallest absolute Gasteiger partial charge is 0.193 e. The third kappa shape index (κ3) is 6.31. The molecule has 38 heavy (non-hydrogen) atoms. The maximum atomic E-state index is 13.0. The number of hydrogen-bond acceptors (Lipinski definition) is 5. The van der Waals surface area contributed by atoms with Crippen molar-refractivity contribution in [1.29, 1.82) is 0 Å². The first-order chi connectivity index (χ1) is 18.5. The number of carbonyl (C=O) groups is 1. The normalized spacial score (nSPS) is 11.1. The van der Waals surface area contributed by atoms with Crippen LogP contribution in [0.3, 0.4) is 0 Å². The van der Waals surface area contributed by atoms with Crippen LogP contribution in [-0.2, 0) is 0 Å². The van der Waals surface area contributed by atoms with Gasteiger partial charge in [-0.05, 0) is 97.8 Å². The Hall–Kier alpha value is -4.77. The molecule has 5 heteroatoms. The number of rotatable bonds is 10. The summed E-state index contributed by atoms with van der Waals surface area (Å²) in [7, 11) is 3.22. The molecule has 4 aromatic rings. The monoisotopic (exact) mass is 506 g/mol. The van der Waals surface area contributed by atoms with Gasteiger partial charge in [0.25, 0.3) is 0 Å².